The highest BCUT2D eigenvalue weighted by atomic mass is 35.5. The van der Waals surface area contributed by atoms with Crippen LogP contribution in [0.3, 0.4) is 0 Å². The zero-order valence-electron chi connectivity index (χ0n) is 14.1. The van der Waals surface area contributed by atoms with Crippen LogP contribution in [0, 0.1) is 0 Å². The molecule has 1 amide bonds. The van der Waals surface area contributed by atoms with Crippen molar-refractivity contribution in [2.45, 2.75) is 25.6 Å². The summed E-state index contributed by atoms with van der Waals surface area (Å²) < 4.78 is 38.8. The van der Waals surface area contributed by atoms with Crippen molar-refractivity contribution in [3.63, 3.8) is 0 Å². The Balaban J connectivity index is 1.54. The first-order valence-corrected chi connectivity index (χ1v) is 8.79. The summed E-state index contributed by atoms with van der Waals surface area (Å²) in [5, 5.41) is 8.25. The van der Waals surface area contributed by atoms with E-state index in [-0.39, 0.29) is 18.9 Å². The molecule has 2 heterocycles. The van der Waals surface area contributed by atoms with Crippen LogP contribution in [0.15, 0.2) is 36.4 Å². The standard InChI is InChI=1S/C19H15ClF3N3O/c20-15-3-1-2-14-16(24-25-18(14)15)9-17(27)26-7-6-11-4-5-13(19(21,22)23)8-12(11)10-26/h1-5,8H,6-7,9-10H2,(H,24,25). The number of amides is 1. The maximum absolute atomic E-state index is 12.9. The molecular weight excluding hydrogens is 379 g/mol. The molecule has 4 rings (SSSR count). The number of fused-ring (bicyclic) bond motifs is 2. The highest BCUT2D eigenvalue weighted by Gasteiger charge is 2.32. The fraction of sp³-hybridized carbons (Fsp3) is 0.263. The van der Waals surface area contributed by atoms with Gasteiger partial charge in [0.15, 0.2) is 0 Å². The van der Waals surface area contributed by atoms with Crippen LogP contribution in [0.4, 0.5) is 13.2 Å². The van der Waals surface area contributed by atoms with Gasteiger partial charge in [0.05, 0.1) is 22.7 Å². The first kappa shape index (κ1) is 17.9. The van der Waals surface area contributed by atoms with Crippen LogP contribution in [-0.2, 0) is 30.4 Å². The Labute approximate surface area is 157 Å². The third-order valence-electron chi connectivity index (χ3n) is 4.84. The number of alkyl halides is 3. The van der Waals surface area contributed by atoms with Gasteiger partial charge < -0.3 is 4.90 Å². The topological polar surface area (TPSA) is 49.0 Å². The van der Waals surface area contributed by atoms with Gasteiger partial charge in [0, 0.05) is 18.5 Å². The molecule has 0 atom stereocenters. The number of nitrogens with zero attached hydrogens (tertiary/aromatic N) is 2. The van der Waals surface area contributed by atoms with Gasteiger partial charge in [0.25, 0.3) is 0 Å². The number of carbonyl (C=O) groups excluding carboxylic acids is 1. The van der Waals surface area contributed by atoms with E-state index in [9.17, 15) is 18.0 Å². The monoisotopic (exact) mass is 393 g/mol. The summed E-state index contributed by atoms with van der Waals surface area (Å²) in [7, 11) is 0. The molecule has 1 N–H and O–H groups in total. The number of benzene rings is 2. The summed E-state index contributed by atoms with van der Waals surface area (Å²) in [6.07, 6.45) is -3.77. The maximum atomic E-state index is 12.9. The van der Waals surface area contributed by atoms with Crippen molar-refractivity contribution in [1.29, 1.82) is 0 Å². The molecule has 0 unspecified atom stereocenters. The van der Waals surface area contributed by atoms with Crippen molar-refractivity contribution >= 4 is 28.4 Å². The van der Waals surface area contributed by atoms with E-state index < -0.39 is 11.7 Å². The van der Waals surface area contributed by atoms with Gasteiger partial charge in [0.2, 0.25) is 5.91 Å². The average Bonchev–Trinajstić information content (AvgIpc) is 3.04. The van der Waals surface area contributed by atoms with Crippen molar-refractivity contribution in [3.8, 4) is 0 Å². The molecule has 0 radical (unpaired) electrons. The van der Waals surface area contributed by atoms with E-state index in [4.69, 9.17) is 11.6 Å². The number of nitrogens with one attached hydrogen (secondary N) is 1. The van der Waals surface area contributed by atoms with E-state index in [1.807, 2.05) is 6.07 Å². The molecule has 0 saturated carbocycles. The second kappa shape index (κ2) is 6.56. The number of halogens is 4. The Bertz CT molecular complexity index is 1030. The van der Waals surface area contributed by atoms with E-state index in [0.29, 0.717) is 34.8 Å². The Morgan fingerprint density at radius 3 is 2.81 bits per heavy atom. The zero-order valence-corrected chi connectivity index (χ0v) is 14.9. The molecule has 8 heteroatoms. The predicted molar refractivity (Wildman–Crippen MR) is 95.4 cm³/mol. The smallest absolute Gasteiger partial charge is 0.338 e. The molecule has 1 aliphatic heterocycles. The summed E-state index contributed by atoms with van der Waals surface area (Å²) in [5.74, 6) is -0.163. The van der Waals surface area contributed by atoms with Gasteiger partial charge in [-0.25, -0.2) is 0 Å². The lowest BCUT2D eigenvalue weighted by molar-refractivity contribution is -0.137. The molecule has 0 bridgehead atoms. The third-order valence-corrected chi connectivity index (χ3v) is 5.15. The number of aromatic amines is 1. The van der Waals surface area contributed by atoms with E-state index in [0.717, 1.165) is 23.1 Å². The van der Waals surface area contributed by atoms with Crippen LogP contribution >= 0.6 is 11.6 Å². The lowest BCUT2D eigenvalue weighted by Crippen LogP contribution is -2.37. The fourth-order valence-electron chi connectivity index (χ4n) is 3.40. The predicted octanol–water partition coefficient (Wildman–Crippen LogP) is 4.36. The van der Waals surface area contributed by atoms with E-state index in [1.165, 1.54) is 6.07 Å². The summed E-state index contributed by atoms with van der Waals surface area (Å²) in [6, 6.07) is 9.07. The molecule has 1 aliphatic rings. The molecule has 0 saturated heterocycles. The SMILES string of the molecule is O=C(Cc1[nH]nc2c(Cl)cccc12)N1CCc2ccc(C(F)(F)F)cc2C1. The second-order valence-corrected chi connectivity index (χ2v) is 6.97. The van der Waals surface area contributed by atoms with Gasteiger partial charge in [-0.2, -0.15) is 18.3 Å². The van der Waals surface area contributed by atoms with Gasteiger partial charge in [-0.05, 0) is 35.7 Å². The molecule has 0 spiro atoms. The molecule has 3 aromatic rings. The van der Waals surface area contributed by atoms with Gasteiger partial charge in [-0.1, -0.05) is 29.8 Å². The lowest BCUT2D eigenvalue weighted by Gasteiger charge is -2.29. The molecule has 2 aromatic carbocycles. The number of rotatable bonds is 2. The van der Waals surface area contributed by atoms with Gasteiger partial charge in [-0.15, -0.1) is 0 Å². The quantitative estimate of drug-likeness (QED) is 0.703. The summed E-state index contributed by atoms with van der Waals surface area (Å²) >= 11 is 6.09. The van der Waals surface area contributed by atoms with Crippen molar-refractivity contribution in [2.75, 3.05) is 6.54 Å². The van der Waals surface area contributed by atoms with Gasteiger partial charge in [0.1, 0.15) is 5.52 Å². The first-order chi connectivity index (χ1) is 12.8. The lowest BCUT2D eigenvalue weighted by atomic mass is 9.97. The largest absolute Gasteiger partial charge is 0.416 e. The van der Waals surface area contributed by atoms with Crippen molar-refractivity contribution in [1.82, 2.24) is 15.1 Å². The average molecular weight is 394 g/mol. The van der Waals surface area contributed by atoms with Crippen LogP contribution in [0.25, 0.3) is 10.9 Å². The summed E-state index contributed by atoms with van der Waals surface area (Å²) in [6.45, 7) is 0.648. The maximum Gasteiger partial charge on any atom is 0.416 e. The van der Waals surface area contributed by atoms with Gasteiger partial charge >= 0.3 is 6.18 Å². The van der Waals surface area contributed by atoms with Crippen LogP contribution in [0.5, 0.6) is 0 Å². The summed E-state index contributed by atoms with van der Waals surface area (Å²) in [4.78, 5) is 14.3. The fourth-order valence-corrected chi connectivity index (χ4v) is 3.62. The highest BCUT2D eigenvalue weighted by molar-refractivity contribution is 6.35. The molecule has 1 aromatic heterocycles. The van der Waals surface area contributed by atoms with E-state index in [2.05, 4.69) is 10.2 Å². The molecule has 27 heavy (non-hydrogen) atoms. The van der Waals surface area contributed by atoms with Crippen LogP contribution < -0.4 is 0 Å². The van der Waals surface area contributed by atoms with Crippen molar-refractivity contribution < 1.29 is 18.0 Å². The Morgan fingerprint density at radius 1 is 1.22 bits per heavy atom. The number of carbonyl (C=O) groups is 1. The second-order valence-electron chi connectivity index (χ2n) is 6.56. The number of hydrogen-bond donors (Lipinski definition) is 1. The number of aromatic nitrogens is 2. The molecule has 0 aliphatic carbocycles. The molecule has 140 valence electrons. The van der Waals surface area contributed by atoms with Crippen LogP contribution in [0.2, 0.25) is 5.02 Å². The van der Waals surface area contributed by atoms with Gasteiger partial charge in [-0.3, -0.25) is 9.89 Å². The van der Waals surface area contributed by atoms with Crippen molar-refractivity contribution in [2.24, 2.45) is 0 Å². The zero-order chi connectivity index (χ0) is 19.2. The number of para-hydroxylation sites is 1. The van der Waals surface area contributed by atoms with E-state index in [1.54, 1.807) is 17.0 Å². The van der Waals surface area contributed by atoms with Crippen LogP contribution in [-0.4, -0.2) is 27.5 Å². The van der Waals surface area contributed by atoms with E-state index >= 15 is 0 Å². The minimum absolute atomic E-state index is 0.0884. The molecule has 0 fully saturated rings. The third kappa shape index (κ3) is 3.39. The van der Waals surface area contributed by atoms with Crippen molar-refractivity contribution in [3.05, 3.63) is 63.8 Å². The Kier molecular flexibility index (Phi) is 4.34. The Hall–Kier alpha value is -2.54. The number of hydrogen-bond acceptors (Lipinski definition) is 2. The Morgan fingerprint density at radius 2 is 2.04 bits per heavy atom. The minimum atomic E-state index is -4.39. The summed E-state index contributed by atoms with van der Waals surface area (Å²) in [5.41, 5.74) is 1.95. The first-order valence-electron chi connectivity index (χ1n) is 8.41. The van der Waals surface area contributed by atoms with Crippen LogP contribution in [0.1, 0.15) is 22.4 Å². The minimum Gasteiger partial charge on any atom is -0.338 e. The number of H-pyrrole nitrogens is 1. The molecular formula is C19H15ClF3N3O. The normalized spacial score (nSPS) is 14.4. The highest BCUT2D eigenvalue weighted by Crippen LogP contribution is 2.32. The molecule has 4 nitrogen and oxygen atoms in total.